The Morgan fingerprint density at radius 3 is 2.76 bits per heavy atom. The minimum Gasteiger partial charge on any atom is -0.399 e. The van der Waals surface area contributed by atoms with Crippen molar-refractivity contribution in [2.75, 3.05) is 11.5 Å². The fourth-order valence-corrected chi connectivity index (χ4v) is 4.68. The Morgan fingerprint density at radius 1 is 1.24 bits per heavy atom. The van der Waals surface area contributed by atoms with Gasteiger partial charge < -0.3 is 5.73 Å². The van der Waals surface area contributed by atoms with Crippen LogP contribution in [0.1, 0.15) is 25.7 Å². The van der Waals surface area contributed by atoms with Gasteiger partial charge in [0.05, 0.1) is 0 Å². The molecule has 2 bridgehead atoms. The van der Waals surface area contributed by atoms with E-state index < -0.39 is 0 Å². The first-order valence-corrected chi connectivity index (χ1v) is 7.38. The topological polar surface area (TPSA) is 26.0 Å². The average Bonchev–Trinajstić information content (AvgIpc) is 2.86. The van der Waals surface area contributed by atoms with Gasteiger partial charge in [-0.2, -0.15) is 0 Å². The SMILES string of the molecule is Nc1cc(F)cc(SCC2CC3CCC2C3)c1. The number of fused-ring (bicyclic) bond motifs is 2. The zero-order valence-corrected chi connectivity index (χ0v) is 10.7. The van der Waals surface area contributed by atoms with E-state index in [-0.39, 0.29) is 5.82 Å². The molecule has 3 heteroatoms. The Bertz CT molecular complexity index is 400. The summed E-state index contributed by atoms with van der Waals surface area (Å²) in [5.74, 6) is 3.69. The van der Waals surface area contributed by atoms with E-state index in [9.17, 15) is 4.39 Å². The number of nitrogens with two attached hydrogens (primary N) is 1. The van der Waals surface area contributed by atoms with Gasteiger partial charge in [0.1, 0.15) is 5.82 Å². The zero-order valence-electron chi connectivity index (χ0n) is 9.86. The Balaban J connectivity index is 1.60. The minimum absolute atomic E-state index is 0.222. The van der Waals surface area contributed by atoms with E-state index in [0.29, 0.717) is 5.69 Å². The molecule has 1 aromatic rings. The van der Waals surface area contributed by atoms with E-state index in [1.165, 1.54) is 31.7 Å². The molecule has 2 saturated carbocycles. The molecular formula is C14H18FNS. The molecule has 0 saturated heterocycles. The fourth-order valence-electron chi connectivity index (χ4n) is 3.45. The van der Waals surface area contributed by atoms with Crippen LogP contribution in [0.15, 0.2) is 23.1 Å². The van der Waals surface area contributed by atoms with Gasteiger partial charge in [0.2, 0.25) is 0 Å². The first-order valence-electron chi connectivity index (χ1n) is 6.39. The maximum absolute atomic E-state index is 13.2. The van der Waals surface area contributed by atoms with E-state index in [4.69, 9.17) is 5.73 Å². The third kappa shape index (κ3) is 2.44. The summed E-state index contributed by atoms with van der Waals surface area (Å²) >= 11 is 1.77. The van der Waals surface area contributed by atoms with Crippen molar-refractivity contribution in [3.05, 3.63) is 24.0 Å². The molecule has 0 aliphatic heterocycles. The van der Waals surface area contributed by atoms with Crippen LogP contribution in [0.3, 0.4) is 0 Å². The molecule has 0 amide bonds. The molecule has 3 atom stereocenters. The number of nitrogen functional groups attached to an aromatic ring is 1. The van der Waals surface area contributed by atoms with Crippen LogP contribution in [-0.2, 0) is 0 Å². The van der Waals surface area contributed by atoms with Gasteiger partial charge in [0.15, 0.2) is 0 Å². The van der Waals surface area contributed by atoms with Crippen molar-refractivity contribution in [2.45, 2.75) is 30.6 Å². The van der Waals surface area contributed by atoms with Crippen molar-refractivity contribution in [1.82, 2.24) is 0 Å². The van der Waals surface area contributed by atoms with Crippen LogP contribution < -0.4 is 5.73 Å². The molecule has 2 aliphatic carbocycles. The molecule has 2 aliphatic rings. The lowest BCUT2D eigenvalue weighted by molar-refractivity contribution is 0.365. The first-order chi connectivity index (χ1) is 8.20. The van der Waals surface area contributed by atoms with Crippen LogP contribution >= 0.6 is 11.8 Å². The molecule has 1 nitrogen and oxygen atoms in total. The molecule has 0 aromatic heterocycles. The molecule has 0 radical (unpaired) electrons. The Labute approximate surface area is 106 Å². The quantitative estimate of drug-likeness (QED) is 0.650. The number of rotatable bonds is 3. The monoisotopic (exact) mass is 251 g/mol. The molecule has 3 unspecified atom stereocenters. The molecule has 2 N–H and O–H groups in total. The number of anilines is 1. The summed E-state index contributed by atoms with van der Waals surface area (Å²) in [6, 6.07) is 4.84. The lowest BCUT2D eigenvalue weighted by Crippen LogP contribution is -2.12. The number of hydrogen-bond donors (Lipinski definition) is 1. The maximum atomic E-state index is 13.2. The highest BCUT2D eigenvalue weighted by molar-refractivity contribution is 7.99. The summed E-state index contributed by atoms with van der Waals surface area (Å²) in [5.41, 5.74) is 6.18. The van der Waals surface area contributed by atoms with Crippen molar-refractivity contribution in [3.63, 3.8) is 0 Å². The molecule has 0 heterocycles. The molecule has 3 rings (SSSR count). The minimum atomic E-state index is -0.222. The van der Waals surface area contributed by atoms with E-state index in [1.807, 2.05) is 6.07 Å². The number of benzene rings is 1. The summed E-state index contributed by atoms with van der Waals surface area (Å²) in [6.07, 6.45) is 5.69. The Hall–Kier alpha value is -0.700. The van der Waals surface area contributed by atoms with Gasteiger partial charge in [0, 0.05) is 16.3 Å². The summed E-state index contributed by atoms with van der Waals surface area (Å²) in [6.45, 7) is 0. The Morgan fingerprint density at radius 2 is 2.12 bits per heavy atom. The molecule has 1 aromatic carbocycles. The van der Waals surface area contributed by atoms with Gasteiger partial charge in [-0.1, -0.05) is 6.42 Å². The summed E-state index contributed by atoms with van der Waals surface area (Å²) in [7, 11) is 0. The highest BCUT2D eigenvalue weighted by Gasteiger charge is 2.39. The van der Waals surface area contributed by atoms with E-state index in [2.05, 4.69) is 0 Å². The van der Waals surface area contributed by atoms with Gasteiger partial charge in [-0.05, 0) is 55.2 Å². The molecule has 2 fully saturated rings. The standard InChI is InChI=1S/C14H18FNS/c15-12-5-13(16)7-14(6-12)17-8-11-4-9-1-2-10(11)3-9/h5-7,9-11H,1-4,8,16H2. The van der Waals surface area contributed by atoms with Crippen molar-refractivity contribution in [2.24, 2.45) is 17.8 Å². The molecule has 92 valence electrons. The van der Waals surface area contributed by atoms with Crippen LogP contribution in [0.25, 0.3) is 0 Å². The van der Waals surface area contributed by atoms with Crippen LogP contribution in [0.2, 0.25) is 0 Å². The second-order valence-electron chi connectivity index (χ2n) is 5.47. The second-order valence-corrected chi connectivity index (χ2v) is 6.56. The maximum Gasteiger partial charge on any atom is 0.126 e. The summed E-state index contributed by atoms with van der Waals surface area (Å²) in [4.78, 5) is 0.977. The normalized spacial score (nSPS) is 31.0. The average molecular weight is 251 g/mol. The van der Waals surface area contributed by atoms with Crippen LogP contribution in [0, 0.1) is 23.6 Å². The fraction of sp³-hybridized carbons (Fsp3) is 0.571. The number of halogens is 1. The second kappa shape index (κ2) is 4.52. The predicted octanol–water partition coefficient (Wildman–Crippen LogP) is 3.94. The smallest absolute Gasteiger partial charge is 0.126 e. The number of hydrogen-bond acceptors (Lipinski definition) is 2. The number of thioether (sulfide) groups is 1. The van der Waals surface area contributed by atoms with Crippen molar-refractivity contribution in [1.29, 1.82) is 0 Å². The highest BCUT2D eigenvalue weighted by atomic mass is 32.2. The van der Waals surface area contributed by atoms with Gasteiger partial charge in [-0.15, -0.1) is 11.8 Å². The first kappa shape index (κ1) is 11.4. The van der Waals surface area contributed by atoms with Crippen molar-refractivity contribution < 1.29 is 4.39 Å². The lowest BCUT2D eigenvalue weighted by Gasteiger charge is -2.21. The third-order valence-corrected chi connectivity index (χ3v) is 5.41. The summed E-state index contributed by atoms with van der Waals surface area (Å²) < 4.78 is 13.2. The predicted molar refractivity (Wildman–Crippen MR) is 70.5 cm³/mol. The van der Waals surface area contributed by atoms with E-state index in [0.717, 1.165) is 28.4 Å². The highest BCUT2D eigenvalue weighted by Crippen LogP contribution is 2.49. The summed E-state index contributed by atoms with van der Waals surface area (Å²) in [5, 5.41) is 0. The van der Waals surface area contributed by atoms with Crippen LogP contribution in [0.5, 0.6) is 0 Å². The van der Waals surface area contributed by atoms with Crippen molar-refractivity contribution >= 4 is 17.4 Å². The Kier molecular flexibility index (Phi) is 3.03. The molecule has 17 heavy (non-hydrogen) atoms. The zero-order chi connectivity index (χ0) is 11.8. The van der Waals surface area contributed by atoms with E-state index in [1.54, 1.807) is 17.8 Å². The van der Waals surface area contributed by atoms with Gasteiger partial charge >= 0.3 is 0 Å². The van der Waals surface area contributed by atoms with Gasteiger partial charge in [-0.25, -0.2) is 4.39 Å². The van der Waals surface area contributed by atoms with Gasteiger partial charge in [-0.3, -0.25) is 0 Å². The molecular weight excluding hydrogens is 233 g/mol. The lowest BCUT2D eigenvalue weighted by atomic mass is 9.90. The van der Waals surface area contributed by atoms with Crippen molar-refractivity contribution in [3.8, 4) is 0 Å². The van der Waals surface area contributed by atoms with Crippen LogP contribution in [-0.4, -0.2) is 5.75 Å². The van der Waals surface area contributed by atoms with Crippen LogP contribution in [0.4, 0.5) is 10.1 Å². The van der Waals surface area contributed by atoms with E-state index >= 15 is 0 Å². The van der Waals surface area contributed by atoms with Gasteiger partial charge in [0.25, 0.3) is 0 Å². The largest absolute Gasteiger partial charge is 0.399 e. The molecule has 0 spiro atoms. The third-order valence-electron chi connectivity index (χ3n) is 4.24.